The van der Waals surface area contributed by atoms with Gasteiger partial charge < -0.3 is 20.5 Å². The molecule has 2 rings (SSSR count). The first-order chi connectivity index (χ1) is 9.67. The van der Waals surface area contributed by atoms with E-state index >= 15 is 0 Å². The highest BCUT2D eigenvalue weighted by Gasteiger charge is 2.21. The van der Waals surface area contributed by atoms with Gasteiger partial charge in [-0.1, -0.05) is 0 Å². The van der Waals surface area contributed by atoms with Gasteiger partial charge in [-0.2, -0.15) is 0 Å². The number of carbonyl (C=O) groups is 1. The third-order valence-corrected chi connectivity index (χ3v) is 3.40. The van der Waals surface area contributed by atoms with Crippen LogP contribution in [-0.2, 0) is 0 Å². The Morgan fingerprint density at radius 3 is 2.75 bits per heavy atom. The van der Waals surface area contributed by atoms with Crippen molar-refractivity contribution >= 4 is 11.7 Å². The molecule has 5 nitrogen and oxygen atoms in total. The molecule has 2 amide bonds. The lowest BCUT2D eigenvalue weighted by atomic mass is 9.93. The Morgan fingerprint density at radius 2 is 2.10 bits per heavy atom. The number of ether oxygens (including phenoxy) is 1. The quantitative estimate of drug-likeness (QED) is 0.792. The summed E-state index contributed by atoms with van der Waals surface area (Å²) in [7, 11) is 0. The summed E-state index contributed by atoms with van der Waals surface area (Å²) in [5.74, 6) is 0.786. The molecule has 0 heterocycles. The molecule has 1 aliphatic rings. The van der Waals surface area contributed by atoms with Gasteiger partial charge in [-0.3, -0.25) is 0 Å². The van der Waals surface area contributed by atoms with Gasteiger partial charge in [-0.15, -0.1) is 0 Å². The van der Waals surface area contributed by atoms with Gasteiger partial charge in [0.05, 0.1) is 12.7 Å². The summed E-state index contributed by atoms with van der Waals surface area (Å²) in [4.78, 5) is 11.9. The minimum Gasteiger partial charge on any atom is -0.494 e. The van der Waals surface area contributed by atoms with E-state index in [0.29, 0.717) is 13.0 Å². The van der Waals surface area contributed by atoms with Crippen LogP contribution in [0.2, 0.25) is 0 Å². The molecule has 110 valence electrons. The van der Waals surface area contributed by atoms with Gasteiger partial charge in [0.15, 0.2) is 0 Å². The van der Waals surface area contributed by atoms with Gasteiger partial charge >= 0.3 is 6.03 Å². The molecule has 1 fully saturated rings. The number of nitrogens with one attached hydrogen (secondary N) is 2. The molecule has 5 heteroatoms. The lowest BCUT2D eigenvalue weighted by Crippen LogP contribution is -2.41. The van der Waals surface area contributed by atoms with Crippen molar-refractivity contribution in [1.82, 2.24) is 5.32 Å². The van der Waals surface area contributed by atoms with Crippen LogP contribution in [0.3, 0.4) is 0 Å². The lowest BCUT2D eigenvalue weighted by molar-refractivity contribution is 0.114. The van der Waals surface area contributed by atoms with Gasteiger partial charge in [-0.25, -0.2) is 4.79 Å². The summed E-state index contributed by atoms with van der Waals surface area (Å²) in [6.45, 7) is 2.55. The van der Waals surface area contributed by atoms with E-state index in [9.17, 15) is 9.90 Å². The number of urea groups is 1. The fourth-order valence-corrected chi connectivity index (χ4v) is 2.45. The van der Waals surface area contributed by atoms with Crippen LogP contribution < -0.4 is 15.4 Å². The highest BCUT2D eigenvalue weighted by atomic mass is 16.5. The summed E-state index contributed by atoms with van der Waals surface area (Å²) in [5, 5.41) is 15.3. The zero-order valence-electron chi connectivity index (χ0n) is 11.8. The van der Waals surface area contributed by atoms with E-state index in [0.717, 1.165) is 30.7 Å². The van der Waals surface area contributed by atoms with Crippen molar-refractivity contribution in [1.29, 1.82) is 0 Å². The Hall–Kier alpha value is -1.75. The summed E-state index contributed by atoms with van der Waals surface area (Å²) in [6.07, 6.45) is 3.05. The Kier molecular flexibility index (Phi) is 5.24. The molecule has 0 saturated heterocycles. The standard InChI is InChI=1S/C15H22N2O3/c1-2-20-14-8-6-11(7-9-14)16-15(19)17-12-4-3-5-13(18)10-12/h6-9,12-13,18H,2-5,10H2,1H3,(H2,16,17,19)/t12-,13-/m1/s1. The molecule has 3 N–H and O–H groups in total. The van der Waals surface area contributed by atoms with Gasteiger partial charge in [-0.05, 0) is 56.9 Å². The molecule has 1 aromatic rings. The van der Waals surface area contributed by atoms with Crippen LogP contribution in [0, 0.1) is 0 Å². The van der Waals surface area contributed by atoms with Crippen LogP contribution in [0.15, 0.2) is 24.3 Å². The predicted octanol–water partition coefficient (Wildman–Crippen LogP) is 2.51. The van der Waals surface area contributed by atoms with Crippen LogP contribution in [-0.4, -0.2) is 29.9 Å². The normalized spacial score (nSPS) is 22.1. The molecule has 0 aromatic heterocycles. The van der Waals surface area contributed by atoms with Gasteiger partial charge in [0.1, 0.15) is 5.75 Å². The minimum atomic E-state index is -0.292. The first-order valence-corrected chi connectivity index (χ1v) is 7.16. The minimum absolute atomic E-state index is 0.0569. The second-order valence-corrected chi connectivity index (χ2v) is 5.07. The Morgan fingerprint density at radius 1 is 1.35 bits per heavy atom. The van der Waals surface area contributed by atoms with Gasteiger partial charge in [0, 0.05) is 11.7 Å². The van der Waals surface area contributed by atoms with Crippen LogP contribution >= 0.6 is 0 Å². The molecule has 0 unspecified atom stereocenters. The fraction of sp³-hybridized carbons (Fsp3) is 0.533. The lowest BCUT2D eigenvalue weighted by Gasteiger charge is -2.26. The summed E-state index contributed by atoms with van der Waals surface area (Å²) in [5.41, 5.74) is 0.724. The number of rotatable bonds is 4. The van der Waals surface area contributed by atoms with E-state index in [4.69, 9.17) is 4.74 Å². The number of aliphatic hydroxyl groups is 1. The molecule has 1 aliphatic carbocycles. The van der Waals surface area contributed by atoms with E-state index < -0.39 is 0 Å². The summed E-state index contributed by atoms with van der Waals surface area (Å²) < 4.78 is 5.34. The number of aliphatic hydroxyl groups excluding tert-OH is 1. The Labute approximate surface area is 119 Å². The molecular formula is C15H22N2O3. The highest BCUT2D eigenvalue weighted by molar-refractivity contribution is 5.89. The van der Waals surface area contributed by atoms with Crippen molar-refractivity contribution in [3.8, 4) is 5.75 Å². The molecule has 1 saturated carbocycles. The van der Waals surface area contributed by atoms with Crippen molar-refractivity contribution in [2.75, 3.05) is 11.9 Å². The number of hydrogen-bond acceptors (Lipinski definition) is 3. The SMILES string of the molecule is CCOc1ccc(NC(=O)N[C@@H]2CCC[C@@H](O)C2)cc1. The zero-order valence-corrected chi connectivity index (χ0v) is 11.8. The highest BCUT2D eigenvalue weighted by Crippen LogP contribution is 2.19. The van der Waals surface area contributed by atoms with E-state index in [1.807, 2.05) is 19.1 Å². The maximum atomic E-state index is 11.9. The molecule has 2 atom stereocenters. The second-order valence-electron chi connectivity index (χ2n) is 5.07. The number of amides is 2. The van der Waals surface area contributed by atoms with Crippen molar-refractivity contribution in [3.05, 3.63) is 24.3 Å². The van der Waals surface area contributed by atoms with Crippen LogP contribution in [0.25, 0.3) is 0 Å². The van der Waals surface area contributed by atoms with Crippen LogP contribution in [0.5, 0.6) is 5.75 Å². The van der Waals surface area contributed by atoms with Gasteiger partial charge in [0.25, 0.3) is 0 Å². The average molecular weight is 278 g/mol. The topological polar surface area (TPSA) is 70.6 Å². The summed E-state index contributed by atoms with van der Waals surface area (Å²) >= 11 is 0. The number of carbonyl (C=O) groups excluding carboxylic acids is 1. The Balaban J connectivity index is 1.81. The predicted molar refractivity (Wildman–Crippen MR) is 78.0 cm³/mol. The fourth-order valence-electron chi connectivity index (χ4n) is 2.45. The number of benzene rings is 1. The van der Waals surface area contributed by atoms with Crippen LogP contribution in [0.1, 0.15) is 32.6 Å². The molecule has 0 aliphatic heterocycles. The first-order valence-electron chi connectivity index (χ1n) is 7.16. The van der Waals surface area contributed by atoms with Gasteiger partial charge in [0.2, 0.25) is 0 Å². The average Bonchev–Trinajstić information content (AvgIpc) is 2.41. The first kappa shape index (κ1) is 14.7. The van der Waals surface area contributed by atoms with Crippen molar-refractivity contribution in [3.63, 3.8) is 0 Å². The molecule has 0 spiro atoms. The maximum Gasteiger partial charge on any atom is 0.319 e. The second kappa shape index (κ2) is 7.14. The van der Waals surface area contributed by atoms with E-state index in [-0.39, 0.29) is 18.2 Å². The van der Waals surface area contributed by atoms with E-state index in [1.165, 1.54) is 0 Å². The number of anilines is 1. The molecule has 0 bridgehead atoms. The van der Waals surface area contributed by atoms with E-state index in [1.54, 1.807) is 12.1 Å². The third-order valence-electron chi connectivity index (χ3n) is 3.40. The largest absolute Gasteiger partial charge is 0.494 e. The smallest absolute Gasteiger partial charge is 0.319 e. The molecule has 1 aromatic carbocycles. The summed E-state index contributed by atoms with van der Waals surface area (Å²) in [6, 6.07) is 7.09. The van der Waals surface area contributed by atoms with Crippen molar-refractivity contribution in [2.24, 2.45) is 0 Å². The molecule has 20 heavy (non-hydrogen) atoms. The molecule has 0 radical (unpaired) electrons. The zero-order chi connectivity index (χ0) is 14.4. The van der Waals surface area contributed by atoms with Crippen LogP contribution in [0.4, 0.5) is 10.5 Å². The monoisotopic (exact) mass is 278 g/mol. The maximum absolute atomic E-state index is 11.9. The number of hydrogen-bond donors (Lipinski definition) is 3. The molecular weight excluding hydrogens is 256 g/mol. The van der Waals surface area contributed by atoms with E-state index in [2.05, 4.69) is 10.6 Å². The third kappa shape index (κ3) is 4.42. The van der Waals surface area contributed by atoms with Crippen molar-refractivity contribution < 1.29 is 14.6 Å². The Bertz CT molecular complexity index is 433. The van der Waals surface area contributed by atoms with Crippen molar-refractivity contribution in [2.45, 2.75) is 44.8 Å².